The first-order valence-corrected chi connectivity index (χ1v) is 11.0. The van der Waals surface area contributed by atoms with Gasteiger partial charge in [0, 0.05) is 30.3 Å². The van der Waals surface area contributed by atoms with Crippen LogP contribution in [0.5, 0.6) is 0 Å². The van der Waals surface area contributed by atoms with Gasteiger partial charge in [-0.25, -0.2) is 8.78 Å². The van der Waals surface area contributed by atoms with E-state index in [1.54, 1.807) is 19.9 Å². The van der Waals surface area contributed by atoms with E-state index in [-0.39, 0.29) is 54.0 Å². The molecule has 3 saturated carbocycles. The summed E-state index contributed by atoms with van der Waals surface area (Å²) >= 11 is 0. The number of carbonyl (C=O) groups is 2. The quantitative estimate of drug-likeness (QED) is 0.627. The molecule has 6 heteroatoms. The van der Waals surface area contributed by atoms with Gasteiger partial charge in [-0.3, -0.25) is 9.59 Å². The van der Waals surface area contributed by atoms with Crippen LogP contribution in [0.3, 0.4) is 0 Å². The molecule has 30 heavy (non-hydrogen) atoms. The van der Waals surface area contributed by atoms with Crippen molar-refractivity contribution in [2.75, 3.05) is 7.11 Å². The smallest absolute Gasteiger partial charge is 0.305 e. The third-order valence-corrected chi connectivity index (χ3v) is 8.72. The Hall–Kier alpha value is -1.56. The average molecular weight is 423 g/mol. The van der Waals surface area contributed by atoms with Crippen LogP contribution < -0.4 is 0 Å². The second-order valence-corrected chi connectivity index (χ2v) is 10.1. The van der Waals surface area contributed by atoms with Crippen molar-refractivity contribution in [1.82, 2.24) is 0 Å². The van der Waals surface area contributed by atoms with Crippen molar-refractivity contribution in [3.63, 3.8) is 0 Å². The molecule has 0 bridgehead atoms. The fourth-order valence-electron chi connectivity index (χ4n) is 7.29. The summed E-state index contributed by atoms with van der Waals surface area (Å²) in [5, 5.41) is 0. The maximum atomic E-state index is 17.5. The molecule has 0 aliphatic heterocycles. The minimum atomic E-state index is -1.88. The maximum absolute atomic E-state index is 17.5. The van der Waals surface area contributed by atoms with E-state index < -0.39 is 28.8 Å². The lowest BCUT2D eigenvalue weighted by atomic mass is 9.41. The molecule has 0 spiro atoms. The molecule has 0 aromatic heterocycles. The third kappa shape index (κ3) is 2.58. The SMILES string of the molecule is CCC(=O)O[C@H]1C2C[C@H](OC)[C@]3(F)[C@@]4(C)C=CC(=O)C=C4[C@@H](F)C[C@@]3(C)[C@@H]2C[C@H]1C. The number of allylic oxidation sites excluding steroid dienone is 4. The monoisotopic (exact) mass is 422 g/mol. The molecule has 0 aromatic rings. The molecule has 4 rings (SSSR count). The van der Waals surface area contributed by atoms with Crippen LogP contribution >= 0.6 is 0 Å². The van der Waals surface area contributed by atoms with Crippen molar-refractivity contribution < 1.29 is 27.8 Å². The van der Waals surface area contributed by atoms with Gasteiger partial charge in [0.25, 0.3) is 0 Å². The average Bonchev–Trinajstić information content (AvgIpc) is 3.01. The van der Waals surface area contributed by atoms with E-state index in [9.17, 15) is 9.59 Å². The van der Waals surface area contributed by atoms with Crippen molar-refractivity contribution in [1.29, 1.82) is 0 Å². The van der Waals surface area contributed by atoms with E-state index in [0.29, 0.717) is 12.8 Å². The highest BCUT2D eigenvalue weighted by molar-refractivity contribution is 6.01. The number of rotatable bonds is 3. The van der Waals surface area contributed by atoms with E-state index in [0.717, 1.165) is 0 Å². The highest BCUT2D eigenvalue weighted by atomic mass is 19.1. The Kier molecular flexibility index (Phi) is 5.04. The highest BCUT2D eigenvalue weighted by Crippen LogP contribution is 2.71. The number of hydrogen-bond acceptors (Lipinski definition) is 4. The van der Waals surface area contributed by atoms with Crippen molar-refractivity contribution in [3.8, 4) is 0 Å². The lowest BCUT2D eigenvalue weighted by Gasteiger charge is -2.65. The van der Waals surface area contributed by atoms with Gasteiger partial charge in [0.05, 0.1) is 6.10 Å². The summed E-state index contributed by atoms with van der Waals surface area (Å²) in [7, 11) is 1.49. The van der Waals surface area contributed by atoms with Crippen LogP contribution in [0.15, 0.2) is 23.8 Å². The van der Waals surface area contributed by atoms with Gasteiger partial charge in [-0.15, -0.1) is 0 Å². The van der Waals surface area contributed by atoms with Crippen LogP contribution in [0.1, 0.15) is 53.4 Å². The predicted molar refractivity (Wildman–Crippen MR) is 108 cm³/mol. The number of fused-ring (bicyclic) bond motifs is 5. The number of ketones is 1. The Morgan fingerprint density at radius 3 is 2.63 bits per heavy atom. The Balaban J connectivity index is 1.83. The number of ether oxygens (including phenoxy) is 2. The largest absolute Gasteiger partial charge is 0.462 e. The van der Waals surface area contributed by atoms with Crippen molar-refractivity contribution in [3.05, 3.63) is 23.8 Å². The second-order valence-electron chi connectivity index (χ2n) is 10.1. The normalized spacial score (nSPS) is 49.7. The summed E-state index contributed by atoms with van der Waals surface area (Å²) in [4.78, 5) is 24.0. The zero-order chi connectivity index (χ0) is 22.1. The predicted octanol–water partition coefficient (Wildman–Crippen LogP) is 4.53. The van der Waals surface area contributed by atoms with Crippen LogP contribution in [0.2, 0.25) is 0 Å². The van der Waals surface area contributed by atoms with Gasteiger partial charge in [-0.1, -0.05) is 26.8 Å². The van der Waals surface area contributed by atoms with Crippen molar-refractivity contribution >= 4 is 11.8 Å². The lowest BCUT2D eigenvalue weighted by Crippen LogP contribution is -2.71. The first-order valence-electron chi connectivity index (χ1n) is 11.0. The standard InChI is InChI=1S/C24H32F2O4/c1-6-20(28)30-21-13(2)9-16-15(21)11-19(29-5)24(26)22(3)8-7-14(27)10-17(22)18(25)12-23(16,24)4/h7-8,10,13,15-16,18-19,21H,6,9,11-12H2,1-5H3/t13-,15?,16-,18+,19+,21-,22+,23+,24+/m1/s1. The lowest BCUT2D eigenvalue weighted by molar-refractivity contribution is -0.238. The third-order valence-electron chi connectivity index (χ3n) is 8.72. The molecule has 0 saturated heterocycles. The number of halogens is 2. The topological polar surface area (TPSA) is 52.6 Å². The summed E-state index contributed by atoms with van der Waals surface area (Å²) < 4.78 is 44.6. The molecular weight excluding hydrogens is 390 g/mol. The van der Waals surface area contributed by atoms with Gasteiger partial charge in [0.1, 0.15) is 12.3 Å². The molecule has 0 amide bonds. The molecule has 1 unspecified atom stereocenters. The molecule has 4 aliphatic carbocycles. The van der Waals surface area contributed by atoms with Crippen LogP contribution in [-0.2, 0) is 19.1 Å². The summed E-state index contributed by atoms with van der Waals surface area (Å²) in [6.07, 6.45) is 3.03. The zero-order valence-electron chi connectivity index (χ0n) is 18.4. The first-order chi connectivity index (χ1) is 14.0. The Morgan fingerprint density at radius 2 is 2.00 bits per heavy atom. The Labute approximate surface area is 177 Å². The second kappa shape index (κ2) is 6.98. The summed E-state index contributed by atoms with van der Waals surface area (Å²) in [5.41, 5.74) is -3.95. The summed E-state index contributed by atoms with van der Waals surface area (Å²) in [6, 6.07) is 0. The fraction of sp³-hybridized carbons (Fsp3) is 0.750. The van der Waals surface area contributed by atoms with Gasteiger partial charge in [-0.2, -0.15) is 0 Å². The van der Waals surface area contributed by atoms with E-state index in [1.807, 2.05) is 13.8 Å². The van der Waals surface area contributed by atoms with E-state index >= 15 is 8.78 Å². The molecular formula is C24H32F2O4. The minimum absolute atomic E-state index is 0.00572. The number of hydrogen-bond donors (Lipinski definition) is 0. The van der Waals surface area contributed by atoms with Gasteiger partial charge in [0.15, 0.2) is 11.5 Å². The number of esters is 1. The molecule has 3 fully saturated rings. The minimum Gasteiger partial charge on any atom is -0.462 e. The zero-order valence-corrected chi connectivity index (χ0v) is 18.4. The number of carbonyl (C=O) groups excluding carboxylic acids is 2. The van der Waals surface area contributed by atoms with E-state index in [2.05, 4.69) is 0 Å². The van der Waals surface area contributed by atoms with Gasteiger partial charge >= 0.3 is 5.97 Å². The summed E-state index contributed by atoms with van der Waals surface area (Å²) in [5.74, 6) is -0.716. The van der Waals surface area contributed by atoms with Crippen LogP contribution in [0.25, 0.3) is 0 Å². The maximum Gasteiger partial charge on any atom is 0.305 e. The molecule has 0 heterocycles. The molecule has 4 nitrogen and oxygen atoms in total. The highest BCUT2D eigenvalue weighted by Gasteiger charge is 2.75. The number of methoxy groups -OCH3 is 1. The molecule has 0 radical (unpaired) electrons. The molecule has 0 N–H and O–H groups in total. The summed E-state index contributed by atoms with van der Waals surface area (Å²) in [6.45, 7) is 7.32. The molecule has 166 valence electrons. The van der Waals surface area contributed by atoms with E-state index in [1.165, 1.54) is 19.3 Å². The van der Waals surface area contributed by atoms with Gasteiger partial charge in [0.2, 0.25) is 0 Å². The van der Waals surface area contributed by atoms with Crippen LogP contribution in [-0.4, -0.2) is 42.9 Å². The number of alkyl halides is 2. The Morgan fingerprint density at radius 1 is 1.30 bits per heavy atom. The van der Waals surface area contributed by atoms with E-state index in [4.69, 9.17) is 9.47 Å². The van der Waals surface area contributed by atoms with Gasteiger partial charge < -0.3 is 9.47 Å². The van der Waals surface area contributed by atoms with Crippen LogP contribution in [0, 0.1) is 28.6 Å². The van der Waals surface area contributed by atoms with Gasteiger partial charge in [-0.05, 0) is 55.7 Å². The molecule has 9 atom stereocenters. The van der Waals surface area contributed by atoms with Crippen molar-refractivity contribution in [2.24, 2.45) is 28.6 Å². The fourth-order valence-corrected chi connectivity index (χ4v) is 7.29. The van der Waals surface area contributed by atoms with Crippen LogP contribution in [0.4, 0.5) is 8.78 Å². The first kappa shape index (κ1) is 21.7. The Bertz CT molecular complexity index is 822. The van der Waals surface area contributed by atoms with Crippen molar-refractivity contribution in [2.45, 2.75) is 77.4 Å². The molecule has 0 aromatic carbocycles. The molecule has 4 aliphatic rings.